The predicted molar refractivity (Wildman–Crippen MR) is 86.5 cm³/mol. The molecule has 3 rings (SSSR count). The molecule has 21 heavy (non-hydrogen) atoms. The summed E-state index contributed by atoms with van der Waals surface area (Å²) in [5.74, 6) is 0. The zero-order valence-corrected chi connectivity index (χ0v) is 12.2. The highest BCUT2D eigenvalue weighted by Crippen LogP contribution is 2.27. The first kappa shape index (κ1) is 14.1. The SMILES string of the molecule is Nc1ccc2c(N3CCCN(CCO)CC3)ccnc2c1. The average Bonchev–Trinajstić information content (AvgIpc) is 2.72. The number of nitrogens with two attached hydrogens (primary N) is 1. The van der Waals surface area contributed by atoms with Gasteiger partial charge in [0.25, 0.3) is 0 Å². The van der Waals surface area contributed by atoms with E-state index < -0.39 is 0 Å². The topological polar surface area (TPSA) is 65.6 Å². The third-order valence-electron chi connectivity index (χ3n) is 4.09. The fourth-order valence-corrected chi connectivity index (χ4v) is 3.00. The van der Waals surface area contributed by atoms with E-state index in [1.54, 1.807) is 0 Å². The fourth-order valence-electron chi connectivity index (χ4n) is 3.00. The molecule has 0 saturated carbocycles. The van der Waals surface area contributed by atoms with E-state index >= 15 is 0 Å². The lowest BCUT2D eigenvalue weighted by atomic mass is 10.1. The molecule has 1 aromatic carbocycles. The van der Waals surface area contributed by atoms with Crippen LogP contribution in [0.15, 0.2) is 30.5 Å². The molecule has 0 aliphatic carbocycles. The number of nitrogen functional groups attached to an aromatic ring is 1. The van der Waals surface area contributed by atoms with Gasteiger partial charge in [-0.1, -0.05) is 0 Å². The smallest absolute Gasteiger partial charge is 0.0743 e. The Labute approximate surface area is 125 Å². The van der Waals surface area contributed by atoms with Gasteiger partial charge in [-0.3, -0.25) is 9.88 Å². The summed E-state index contributed by atoms with van der Waals surface area (Å²) in [5.41, 5.74) is 8.77. The monoisotopic (exact) mass is 286 g/mol. The predicted octanol–water partition coefficient (Wildman–Crippen LogP) is 1.32. The van der Waals surface area contributed by atoms with E-state index in [0.717, 1.165) is 55.7 Å². The molecule has 0 bridgehead atoms. The maximum absolute atomic E-state index is 9.09. The zero-order valence-electron chi connectivity index (χ0n) is 12.2. The molecule has 0 atom stereocenters. The number of hydrogen-bond donors (Lipinski definition) is 2. The van der Waals surface area contributed by atoms with Gasteiger partial charge in [0.1, 0.15) is 0 Å². The molecule has 3 N–H and O–H groups in total. The maximum atomic E-state index is 9.09. The van der Waals surface area contributed by atoms with Gasteiger partial charge >= 0.3 is 0 Å². The minimum absolute atomic E-state index is 0.234. The van der Waals surface area contributed by atoms with E-state index in [2.05, 4.69) is 26.9 Å². The average molecular weight is 286 g/mol. The van der Waals surface area contributed by atoms with E-state index in [1.807, 2.05) is 18.3 Å². The minimum atomic E-state index is 0.234. The van der Waals surface area contributed by atoms with E-state index in [1.165, 1.54) is 5.69 Å². The van der Waals surface area contributed by atoms with Crippen molar-refractivity contribution in [3.63, 3.8) is 0 Å². The summed E-state index contributed by atoms with van der Waals surface area (Å²) in [5, 5.41) is 10.2. The van der Waals surface area contributed by atoms with Crippen LogP contribution in [-0.4, -0.2) is 54.3 Å². The number of β-amino-alcohol motifs (C(OH)–C–C–N with tert-alkyl or cyclic N) is 1. The molecule has 5 heteroatoms. The molecular formula is C16H22N4O. The summed E-state index contributed by atoms with van der Waals surface area (Å²) in [7, 11) is 0. The zero-order chi connectivity index (χ0) is 14.7. The Bertz CT molecular complexity index is 616. The second-order valence-electron chi connectivity index (χ2n) is 5.51. The van der Waals surface area contributed by atoms with Gasteiger partial charge in [-0.05, 0) is 37.2 Å². The van der Waals surface area contributed by atoms with Crippen LogP contribution in [0.2, 0.25) is 0 Å². The van der Waals surface area contributed by atoms with E-state index in [-0.39, 0.29) is 6.61 Å². The molecule has 1 aliphatic heterocycles. The van der Waals surface area contributed by atoms with Crippen molar-refractivity contribution in [2.75, 3.05) is 50.0 Å². The van der Waals surface area contributed by atoms with Crippen molar-refractivity contribution < 1.29 is 5.11 Å². The van der Waals surface area contributed by atoms with Gasteiger partial charge in [0.05, 0.1) is 12.1 Å². The second-order valence-corrected chi connectivity index (χ2v) is 5.51. The Hall–Kier alpha value is -1.85. The van der Waals surface area contributed by atoms with E-state index in [9.17, 15) is 0 Å². The van der Waals surface area contributed by atoms with Crippen molar-refractivity contribution in [3.8, 4) is 0 Å². The molecule has 1 fully saturated rings. The van der Waals surface area contributed by atoms with Gasteiger partial charge in [-0.25, -0.2) is 0 Å². The van der Waals surface area contributed by atoms with E-state index in [0.29, 0.717) is 0 Å². The van der Waals surface area contributed by atoms with Crippen LogP contribution in [0, 0.1) is 0 Å². The lowest BCUT2D eigenvalue weighted by molar-refractivity contribution is 0.204. The van der Waals surface area contributed by atoms with E-state index in [4.69, 9.17) is 10.8 Å². The highest BCUT2D eigenvalue weighted by Gasteiger charge is 2.16. The van der Waals surface area contributed by atoms with Crippen molar-refractivity contribution in [1.82, 2.24) is 9.88 Å². The number of benzene rings is 1. The Morgan fingerprint density at radius 2 is 2.05 bits per heavy atom. The molecule has 0 radical (unpaired) electrons. The van der Waals surface area contributed by atoms with Gasteiger partial charge in [0.2, 0.25) is 0 Å². The molecule has 112 valence electrons. The first-order valence-corrected chi connectivity index (χ1v) is 7.50. The lowest BCUT2D eigenvalue weighted by Crippen LogP contribution is -2.32. The number of aromatic nitrogens is 1. The summed E-state index contributed by atoms with van der Waals surface area (Å²) >= 11 is 0. The number of hydrogen-bond acceptors (Lipinski definition) is 5. The fraction of sp³-hybridized carbons (Fsp3) is 0.438. The molecule has 0 amide bonds. The van der Waals surface area contributed by atoms with Crippen LogP contribution in [0.1, 0.15) is 6.42 Å². The van der Waals surface area contributed by atoms with Crippen molar-refractivity contribution >= 4 is 22.3 Å². The highest BCUT2D eigenvalue weighted by atomic mass is 16.3. The van der Waals surface area contributed by atoms with Crippen LogP contribution in [0.4, 0.5) is 11.4 Å². The number of anilines is 2. The van der Waals surface area contributed by atoms with Crippen molar-refractivity contribution in [1.29, 1.82) is 0 Å². The van der Waals surface area contributed by atoms with Crippen LogP contribution < -0.4 is 10.6 Å². The van der Waals surface area contributed by atoms with Crippen molar-refractivity contribution in [2.24, 2.45) is 0 Å². The Morgan fingerprint density at radius 1 is 1.14 bits per heavy atom. The van der Waals surface area contributed by atoms with Crippen LogP contribution in [0.3, 0.4) is 0 Å². The van der Waals surface area contributed by atoms with Gasteiger partial charge in [0.15, 0.2) is 0 Å². The number of aliphatic hydroxyl groups excluding tert-OH is 1. The molecule has 2 aromatic rings. The number of fused-ring (bicyclic) bond motifs is 1. The van der Waals surface area contributed by atoms with Crippen LogP contribution in [0.25, 0.3) is 10.9 Å². The van der Waals surface area contributed by atoms with Crippen LogP contribution in [0.5, 0.6) is 0 Å². The first-order chi connectivity index (χ1) is 10.3. The van der Waals surface area contributed by atoms with Gasteiger partial charge in [-0.15, -0.1) is 0 Å². The van der Waals surface area contributed by atoms with Gasteiger partial charge in [-0.2, -0.15) is 0 Å². The summed E-state index contributed by atoms with van der Waals surface area (Å²) in [6.45, 7) is 5.04. The summed E-state index contributed by atoms with van der Waals surface area (Å²) in [6.07, 6.45) is 2.96. The molecule has 5 nitrogen and oxygen atoms in total. The normalized spacial score (nSPS) is 17.1. The molecule has 0 unspecified atom stereocenters. The van der Waals surface area contributed by atoms with Crippen LogP contribution in [-0.2, 0) is 0 Å². The number of nitrogens with zero attached hydrogens (tertiary/aromatic N) is 3. The molecule has 1 aromatic heterocycles. The first-order valence-electron chi connectivity index (χ1n) is 7.50. The third-order valence-corrected chi connectivity index (χ3v) is 4.09. The molecular weight excluding hydrogens is 264 g/mol. The largest absolute Gasteiger partial charge is 0.399 e. The quantitative estimate of drug-likeness (QED) is 0.833. The van der Waals surface area contributed by atoms with Crippen molar-refractivity contribution in [2.45, 2.75) is 6.42 Å². The minimum Gasteiger partial charge on any atom is -0.399 e. The van der Waals surface area contributed by atoms with Crippen LogP contribution >= 0.6 is 0 Å². The Balaban J connectivity index is 1.86. The number of rotatable bonds is 3. The molecule has 1 aliphatic rings. The second kappa shape index (κ2) is 6.28. The number of pyridine rings is 1. The summed E-state index contributed by atoms with van der Waals surface area (Å²) in [6, 6.07) is 8.00. The number of aliphatic hydroxyl groups is 1. The van der Waals surface area contributed by atoms with Crippen molar-refractivity contribution in [3.05, 3.63) is 30.5 Å². The molecule has 2 heterocycles. The third kappa shape index (κ3) is 3.09. The lowest BCUT2D eigenvalue weighted by Gasteiger charge is -2.24. The maximum Gasteiger partial charge on any atom is 0.0743 e. The summed E-state index contributed by atoms with van der Waals surface area (Å²) in [4.78, 5) is 9.15. The standard InChI is InChI=1S/C16H22N4O/c17-13-2-3-14-15(12-13)18-5-4-16(14)20-7-1-6-19(8-9-20)10-11-21/h2-5,12,21H,1,6-11,17H2. The van der Waals surface area contributed by atoms with Gasteiger partial charge < -0.3 is 15.7 Å². The Kier molecular flexibility index (Phi) is 4.22. The molecule has 0 spiro atoms. The Morgan fingerprint density at radius 3 is 2.90 bits per heavy atom. The highest BCUT2D eigenvalue weighted by molar-refractivity contribution is 5.93. The molecule has 1 saturated heterocycles. The summed E-state index contributed by atoms with van der Waals surface area (Å²) < 4.78 is 0. The van der Waals surface area contributed by atoms with Gasteiger partial charge in [0, 0.05) is 49.1 Å².